The number of rotatable bonds is 2. The number of thioether (sulfide) groups is 1. The zero-order valence-electron chi connectivity index (χ0n) is 12.9. The van der Waals surface area contributed by atoms with Crippen LogP contribution in [0.3, 0.4) is 0 Å². The van der Waals surface area contributed by atoms with Crippen LogP contribution < -0.4 is 0 Å². The molecule has 3 nitrogen and oxygen atoms in total. The summed E-state index contributed by atoms with van der Waals surface area (Å²) in [6.45, 7) is 10.7. The predicted octanol–water partition coefficient (Wildman–Crippen LogP) is 3.58. The first kappa shape index (κ1) is 14.1. The summed E-state index contributed by atoms with van der Waals surface area (Å²) >= 11 is 1.58. The third kappa shape index (κ3) is 1.77. The Morgan fingerprint density at radius 1 is 1.20 bits per heavy atom. The molecule has 1 aromatic rings. The number of fused-ring (bicyclic) bond motifs is 2. The Hall–Kier alpha value is -0.900. The summed E-state index contributed by atoms with van der Waals surface area (Å²) in [5.41, 5.74) is 2.11. The van der Waals surface area contributed by atoms with E-state index in [1.807, 2.05) is 19.9 Å². The molecule has 1 aromatic heterocycles. The van der Waals surface area contributed by atoms with Crippen molar-refractivity contribution in [3.63, 3.8) is 0 Å². The van der Waals surface area contributed by atoms with Gasteiger partial charge in [0.05, 0.1) is 5.25 Å². The van der Waals surface area contributed by atoms with Gasteiger partial charge in [-0.05, 0) is 43.6 Å². The molecule has 3 rings (SSSR count). The van der Waals surface area contributed by atoms with E-state index in [2.05, 4.69) is 30.7 Å². The molecule has 3 atom stereocenters. The minimum Gasteiger partial charge on any atom is -0.298 e. The van der Waals surface area contributed by atoms with Crippen LogP contribution in [0.15, 0.2) is 11.2 Å². The van der Waals surface area contributed by atoms with Crippen LogP contribution >= 0.6 is 11.8 Å². The summed E-state index contributed by atoms with van der Waals surface area (Å²) in [5, 5.41) is 0.767. The second-order valence-electron chi connectivity index (χ2n) is 7.06. The molecule has 0 radical (unpaired) electrons. The largest absolute Gasteiger partial charge is 0.298 e. The van der Waals surface area contributed by atoms with Crippen LogP contribution in [0.1, 0.15) is 45.0 Å². The topological polar surface area (TPSA) is 42.9 Å². The maximum Gasteiger partial charge on any atom is 0.188 e. The molecule has 2 aliphatic carbocycles. The minimum atomic E-state index is 0.0115. The maximum atomic E-state index is 12.7. The third-order valence-corrected chi connectivity index (χ3v) is 7.04. The molecular weight excluding hydrogens is 268 g/mol. The fourth-order valence-corrected chi connectivity index (χ4v) is 5.59. The summed E-state index contributed by atoms with van der Waals surface area (Å²) in [6.07, 6.45) is 2.19. The number of hydrogen-bond acceptors (Lipinski definition) is 4. The number of nitrogens with zero attached hydrogens (tertiary/aromatic N) is 2. The normalized spacial score (nSPS) is 34.8. The van der Waals surface area contributed by atoms with E-state index >= 15 is 0 Å². The molecule has 2 bridgehead atoms. The summed E-state index contributed by atoms with van der Waals surface area (Å²) < 4.78 is 0. The summed E-state index contributed by atoms with van der Waals surface area (Å²) in [7, 11) is 0. The summed E-state index contributed by atoms with van der Waals surface area (Å²) in [4.78, 5) is 21.7. The minimum absolute atomic E-state index is 0.0115. The third-order valence-electron chi connectivity index (χ3n) is 5.66. The lowest BCUT2D eigenvalue weighted by molar-refractivity contribution is -0.122. The van der Waals surface area contributed by atoms with Crippen LogP contribution in [0, 0.1) is 30.6 Å². The molecule has 2 fully saturated rings. The molecule has 0 aromatic carbocycles. The maximum absolute atomic E-state index is 12.7. The van der Waals surface area contributed by atoms with Gasteiger partial charge < -0.3 is 0 Å². The molecule has 0 spiro atoms. The first-order valence-corrected chi connectivity index (χ1v) is 8.16. The number of hydrogen-bond donors (Lipinski definition) is 0. The number of aromatic nitrogens is 2. The van der Waals surface area contributed by atoms with Crippen molar-refractivity contribution in [2.45, 2.75) is 57.9 Å². The first-order valence-electron chi connectivity index (χ1n) is 7.28. The molecule has 0 unspecified atom stereocenters. The fraction of sp³-hybridized carbons (Fsp3) is 0.688. The molecule has 1 heterocycles. The molecule has 0 saturated heterocycles. The van der Waals surface area contributed by atoms with Gasteiger partial charge in [0.25, 0.3) is 0 Å². The predicted molar refractivity (Wildman–Crippen MR) is 80.8 cm³/mol. The second-order valence-corrected chi connectivity index (χ2v) is 8.14. The van der Waals surface area contributed by atoms with E-state index < -0.39 is 0 Å². The molecule has 2 saturated carbocycles. The highest BCUT2D eigenvalue weighted by Gasteiger charge is 2.66. The Kier molecular flexibility index (Phi) is 3.02. The van der Waals surface area contributed by atoms with Crippen LogP contribution in [-0.4, -0.2) is 21.0 Å². The smallest absolute Gasteiger partial charge is 0.188 e. The van der Waals surface area contributed by atoms with Gasteiger partial charge in [-0.2, -0.15) is 0 Å². The van der Waals surface area contributed by atoms with Gasteiger partial charge >= 0.3 is 0 Å². The Bertz CT molecular complexity index is 564. The highest BCUT2D eigenvalue weighted by molar-refractivity contribution is 8.00. The van der Waals surface area contributed by atoms with Gasteiger partial charge in [-0.1, -0.05) is 32.5 Å². The number of ketones is 1. The van der Waals surface area contributed by atoms with Crippen LogP contribution in [0.5, 0.6) is 0 Å². The zero-order valence-corrected chi connectivity index (χ0v) is 13.7. The first-order chi connectivity index (χ1) is 9.25. The number of Topliss-reactive ketones (excluding diaryl/α,β-unsaturated/α-hetero) is 1. The van der Waals surface area contributed by atoms with E-state index in [0.29, 0.717) is 5.78 Å². The molecular formula is C16H22N2OS. The van der Waals surface area contributed by atoms with Crippen molar-refractivity contribution < 1.29 is 4.79 Å². The zero-order chi connectivity index (χ0) is 14.7. The molecule has 4 heteroatoms. The average molecular weight is 290 g/mol. The Morgan fingerprint density at radius 3 is 2.30 bits per heavy atom. The van der Waals surface area contributed by atoms with E-state index in [0.717, 1.165) is 29.4 Å². The number of carbonyl (C=O) groups is 1. The molecule has 0 N–H and O–H groups in total. The van der Waals surface area contributed by atoms with Crippen LogP contribution in [-0.2, 0) is 4.79 Å². The van der Waals surface area contributed by atoms with Crippen molar-refractivity contribution in [3.05, 3.63) is 17.5 Å². The van der Waals surface area contributed by atoms with E-state index in [4.69, 9.17) is 0 Å². The van der Waals surface area contributed by atoms with Gasteiger partial charge in [0, 0.05) is 17.3 Å². The standard InChI is InChI=1S/C16H22N2OS/c1-9-8-10(2)18-14(17-9)20-13-12(19)11-6-7-16(13,5)15(11,3)4/h8,11,13H,6-7H2,1-5H3/t11-,13+,16-/m0/s1. The van der Waals surface area contributed by atoms with E-state index in [9.17, 15) is 4.79 Å². The molecule has 0 amide bonds. The SMILES string of the molecule is Cc1cc(C)nc(S[C@@H]2C(=O)[C@@H]3CC[C@]2(C)C3(C)C)n1. The van der Waals surface area contributed by atoms with E-state index in [1.165, 1.54) is 0 Å². The van der Waals surface area contributed by atoms with Crippen molar-refractivity contribution in [3.8, 4) is 0 Å². The lowest BCUT2D eigenvalue weighted by atomic mass is 9.71. The fourth-order valence-electron chi connectivity index (χ4n) is 4.03. The van der Waals surface area contributed by atoms with Gasteiger partial charge in [0.15, 0.2) is 5.16 Å². The second kappa shape index (κ2) is 4.30. The van der Waals surface area contributed by atoms with Gasteiger partial charge in [-0.3, -0.25) is 4.79 Å². The summed E-state index contributed by atoms with van der Waals surface area (Å²) in [6, 6.07) is 1.97. The highest BCUT2D eigenvalue weighted by Crippen LogP contribution is 2.67. The van der Waals surface area contributed by atoms with Gasteiger partial charge in [0.1, 0.15) is 5.78 Å². The van der Waals surface area contributed by atoms with Crippen molar-refractivity contribution >= 4 is 17.5 Å². The van der Waals surface area contributed by atoms with Gasteiger partial charge in [-0.25, -0.2) is 9.97 Å². The van der Waals surface area contributed by atoms with Crippen molar-refractivity contribution in [2.24, 2.45) is 16.7 Å². The summed E-state index contributed by atoms with van der Waals surface area (Å²) in [5.74, 6) is 0.632. The highest BCUT2D eigenvalue weighted by atomic mass is 32.2. The van der Waals surface area contributed by atoms with E-state index in [-0.39, 0.29) is 22.0 Å². The molecule has 20 heavy (non-hydrogen) atoms. The molecule has 108 valence electrons. The van der Waals surface area contributed by atoms with Gasteiger partial charge in [-0.15, -0.1) is 0 Å². The quantitative estimate of drug-likeness (QED) is 0.781. The average Bonchev–Trinajstić information content (AvgIpc) is 2.62. The lowest BCUT2D eigenvalue weighted by Gasteiger charge is -2.37. The Labute approximate surface area is 125 Å². The van der Waals surface area contributed by atoms with Gasteiger partial charge in [0.2, 0.25) is 0 Å². The van der Waals surface area contributed by atoms with Crippen molar-refractivity contribution in [2.75, 3.05) is 0 Å². The molecule has 2 aliphatic rings. The lowest BCUT2D eigenvalue weighted by Crippen LogP contribution is -2.35. The number of aryl methyl sites for hydroxylation is 2. The Balaban J connectivity index is 1.94. The molecule has 0 aliphatic heterocycles. The Morgan fingerprint density at radius 2 is 1.80 bits per heavy atom. The van der Waals surface area contributed by atoms with Crippen LogP contribution in [0.2, 0.25) is 0 Å². The van der Waals surface area contributed by atoms with Crippen LogP contribution in [0.25, 0.3) is 0 Å². The monoisotopic (exact) mass is 290 g/mol. The van der Waals surface area contributed by atoms with E-state index in [1.54, 1.807) is 11.8 Å². The van der Waals surface area contributed by atoms with Crippen molar-refractivity contribution in [1.82, 2.24) is 9.97 Å². The van der Waals surface area contributed by atoms with Crippen molar-refractivity contribution in [1.29, 1.82) is 0 Å². The van der Waals surface area contributed by atoms with Crippen LogP contribution in [0.4, 0.5) is 0 Å². The number of carbonyl (C=O) groups excluding carboxylic acids is 1.